The number of carbonyl (C=O) groups excluding carboxylic acids is 1. The molecule has 0 atom stereocenters. The number of esters is 1. The molecule has 2 rings (SSSR count). The molecule has 100 valence electrons. The molecular formula is C14H15BrN2O2. The summed E-state index contributed by atoms with van der Waals surface area (Å²) in [7, 11) is 0. The number of aromatic nitrogens is 2. The number of halogens is 1. The predicted molar refractivity (Wildman–Crippen MR) is 76.2 cm³/mol. The summed E-state index contributed by atoms with van der Waals surface area (Å²) in [6, 6.07) is 8.13. The molecule has 1 heterocycles. The maximum absolute atomic E-state index is 11.9. The lowest BCUT2D eigenvalue weighted by Crippen LogP contribution is -2.14. The van der Waals surface area contributed by atoms with Crippen LogP contribution in [0.15, 0.2) is 34.9 Å². The maximum atomic E-state index is 11.9. The highest BCUT2D eigenvalue weighted by Gasteiger charge is 2.18. The van der Waals surface area contributed by atoms with Crippen molar-refractivity contribution in [3.05, 3.63) is 51.8 Å². The first-order valence-electron chi connectivity index (χ1n) is 6.05. The van der Waals surface area contributed by atoms with Crippen molar-refractivity contribution in [2.75, 3.05) is 6.61 Å². The molecule has 1 aromatic heterocycles. The quantitative estimate of drug-likeness (QED) is 0.812. The van der Waals surface area contributed by atoms with E-state index in [-0.39, 0.29) is 5.97 Å². The highest BCUT2D eigenvalue weighted by atomic mass is 79.9. The predicted octanol–water partition coefficient (Wildman–Crippen LogP) is 3.18. The van der Waals surface area contributed by atoms with Crippen molar-refractivity contribution < 1.29 is 9.53 Å². The summed E-state index contributed by atoms with van der Waals surface area (Å²) < 4.78 is 7.33. The molecule has 0 unspecified atom stereocenters. The lowest BCUT2D eigenvalue weighted by molar-refractivity contribution is 0.0511. The van der Waals surface area contributed by atoms with Crippen molar-refractivity contribution in [3.8, 4) is 0 Å². The van der Waals surface area contributed by atoms with Crippen LogP contribution in [0.4, 0.5) is 0 Å². The highest BCUT2D eigenvalue weighted by Crippen LogP contribution is 2.18. The van der Waals surface area contributed by atoms with Gasteiger partial charge in [0.05, 0.1) is 23.8 Å². The largest absolute Gasteiger partial charge is 0.461 e. The summed E-state index contributed by atoms with van der Waals surface area (Å²) in [5.74, 6) is -0.362. The smallest absolute Gasteiger partial charge is 0.357 e. The standard InChI is InChI=1S/C14H15BrN2O2/c1-3-19-14(18)13-12(15)8-16-17(13)9-11-6-4-10(2)5-7-11/h4-8H,3,9H2,1-2H3. The molecule has 19 heavy (non-hydrogen) atoms. The van der Waals surface area contributed by atoms with Gasteiger partial charge in [-0.05, 0) is 35.3 Å². The van der Waals surface area contributed by atoms with Gasteiger partial charge < -0.3 is 4.74 Å². The molecule has 0 spiro atoms. The van der Waals surface area contributed by atoms with Gasteiger partial charge in [-0.2, -0.15) is 5.10 Å². The van der Waals surface area contributed by atoms with Crippen molar-refractivity contribution in [1.29, 1.82) is 0 Å². The summed E-state index contributed by atoms with van der Waals surface area (Å²) in [6.07, 6.45) is 1.61. The molecule has 0 radical (unpaired) electrons. The second-order valence-corrected chi connectivity index (χ2v) is 5.06. The van der Waals surface area contributed by atoms with E-state index >= 15 is 0 Å². The Balaban J connectivity index is 2.25. The van der Waals surface area contributed by atoms with Crippen LogP contribution < -0.4 is 0 Å². The van der Waals surface area contributed by atoms with E-state index in [2.05, 4.69) is 21.0 Å². The maximum Gasteiger partial charge on any atom is 0.357 e. The molecule has 0 amide bonds. The number of hydrogen-bond donors (Lipinski definition) is 0. The zero-order chi connectivity index (χ0) is 13.8. The summed E-state index contributed by atoms with van der Waals surface area (Å²) in [6.45, 7) is 4.71. The van der Waals surface area contributed by atoms with Gasteiger partial charge in [-0.25, -0.2) is 4.79 Å². The molecule has 0 saturated carbocycles. The fourth-order valence-electron chi connectivity index (χ4n) is 1.75. The lowest BCUT2D eigenvalue weighted by atomic mass is 10.1. The topological polar surface area (TPSA) is 44.1 Å². The first kappa shape index (κ1) is 13.8. The number of rotatable bonds is 4. The normalized spacial score (nSPS) is 10.5. The van der Waals surface area contributed by atoms with Crippen molar-refractivity contribution in [2.45, 2.75) is 20.4 Å². The SMILES string of the molecule is CCOC(=O)c1c(Br)cnn1Cc1ccc(C)cc1. The van der Waals surface area contributed by atoms with E-state index in [0.717, 1.165) is 5.56 Å². The third-order valence-corrected chi connectivity index (χ3v) is 3.30. The zero-order valence-electron chi connectivity index (χ0n) is 10.9. The van der Waals surface area contributed by atoms with E-state index in [1.54, 1.807) is 17.8 Å². The molecule has 0 aliphatic heterocycles. The van der Waals surface area contributed by atoms with E-state index in [1.165, 1.54) is 5.56 Å². The van der Waals surface area contributed by atoms with Crippen LogP contribution >= 0.6 is 15.9 Å². The molecule has 0 N–H and O–H groups in total. The van der Waals surface area contributed by atoms with Gasteiger partial charge in [-0.15, -0.1) is 0 Å². The minimum absolute atomic E-state index is 0.348. The number of aryl methyl sites for hydroxylation is 1. The van der Waals surface area contributed by atoms with Crippen LogP contribution in [0.1, 0.15) is 28.5 Å². The Morgan fingerprint density at radius 1 is 1.37 bits per heavy atom. The van der Waals surface area contributed by atoms with Crippen LogP contribution in [0.3, 0.4) is 0 Å². The Hall–Kier alpha value is -1.62. The number of carbonyl (C=O) groups is 1. The Bertz CT molecular complexity index is 576. The molecule has 5 heteroatoms. The molecule has 0 saturated heterocycles. The van der Waals surface area contributed by atoms with E-state index in [4.69, 9.17) is 4.74 Å². The lowest BCUT2D eigenvalue weighted by Gasteiger charge is -2.08. The molecule has 1 aromatic carbocycles. The van der Waals surface area contributed by atoms with Gasteiger partial charge in [-0.1, -0.05) is 29.8 Å². The Labute approximate surface area is 120 Å². The fraction of sp³-hybridized carbons (Fsp3) is 0.286. The fourth-order valence-corrected chi connectivity index (χ4v) is 2.21. The summed E-state index contributed by atoms with van der Waals surface area (Å²) in [4.78, 5) is 11.9. The third-order valence-electron chi connectivity index (χ3n) is 2.72. The Morgan fingerprint density at radius 2 is 2.05 bits per heavy atom. The van der Waals surface area contributed by atoms with Gasteiger partial charge in [0.25, 0.3) is 0 Å². The minimum atomic E-state index is -0.362. The van der Waals surface area contributed by atoms with Gasteiger partial charge >= 0.3 is 5.97 Å². The van der Waals surface area contributed by atoms with Crippen LogP contribution in [-0.2, 0) is 11.3 Å². The Morgan fingerprint density at radius 3 is 2.68 bits per heavy atom. The van der Waals surface area contributed by atoms with Gasteiger partial charge in [0.2, 0.25) is 0 Å². The summed E-state index contributed by atoms with van der Waals surface area (Å²) in [5, 5.41) is 4.21. The van der Waals surface area contributed by atoms with Crippen LogP contribution in [0.5, 0.6) is 0 Å². The molecule has 0 aliphatic carbocycles. The van der Waals surface area contributed by atoms with E-state index in [0.29, 0.717) is 23.3 Å². The molecule has 2 aromatic rings. The van der Waals surface area contributed by atoms with Crippen LogP contribution in [0.25, 0.3) is 0 Å². The van der Waals surface area contributed by atoms with Crippen molar-refractivity contribution in [2.24, 2.45) is 0 Å². The van der Waals surface area contributed by atoms with Gasteiger partial charge in [0.1, 0.15) is 0 Å². The van der Waals surface area contributed by atoms with E-state index in [9.17, 15) is 4.79 Å². The molecule has 0 fully saturated rings. The van der Waals surface area contributed by atoms with Crippen molar-refractivity contribution in [1.82, 2.24) is 9.78 Å². The monoisotopic (exact) mass is 322 g/mol. The molecular weight excluding hydrogens is 308 g/mol. The second kappa shape index (κ2) is 6.02. The van der Waals surface area contributed by atoms with Crippen molar-refractivity contribution in [3.63, 3.8) is 0 Å². The number of ether oxygens (including phenoxy) is 1. The first-order valence-corrected chi connectivity index (χ1v) is 6.85. The molecule has 4 nitrogen and oxygen atoms in total. The number of nitrogens with zero attached hydrogens (tertiary/aromatic N) is 2. The number of hydrogen-bond acceptors (Lipinski definition) is 3. The highest BCUT2D eigenvalue weighted by molar-refractivity contribution is 9.10. The van der Waals surface area contributed by atoms with Crippen LogP contribution in [0, 0.1) is 6.92 Å². The summed E-state index contributed by atoms with van der Waals surface area (Å²) in [5.41, 5.74) is 2.74. The van der Waals surface area contributed by atoms with E-state index < -0.39 is 0 Å². The minimum Gasteiger partial charge on any atom is -0.461 e. The first-order chi connectivity index (χ1) is 9.11. The average Bonchev–Trinajstić information content (AvgIpc) is 2.74. The second-order valence-electron chi connectivity index (χ2n) is 4.20. The van der Waals surface area contributed by atoms with Crippen LogP contribution in [-0.4, -0.2) is 22.4 Å². The number of benzene rings is 1. The third kappa shape index (κ3) is 3.23. The molecule has 0 aliphatic rings. The molecule has 0 bridgehead atoms. The van der Waals surface area contributed by atoms with Crippen LogP contribution in [0.2, 0.25) is 0 Å². The van der Waals surface area contributed by atoms with Gasteiger partial charge in [0, 0.05) is 0 Å². The van der Waals surface area contributed by atoms with Crippen molar-refractivity contribution >= 4 is 21.9 Å². The van der Waals surface area contributed by atoms with Gasteiger partial charge in [-0.3, -0.25) is 4.68 Å². The Kier molecular flexibility index (Phi) is 4.37. The van der Waals surface area contributed by atoms with E-state index in [1.807, 2.05) is 31.2 Å². The average molecular weight is 323 g/mol. The zero-order valence-corrected chi connectivity index (χ0v) is 12.5. The summed E-state index contributed by atoms with van der Waals surface area (Å²) >= 11 is 3.33. The van der Waals surface area contributed by atoms with Gasteiger partial charge in [0.15, 0.2) is 5.69 Å².